The first-order valence-corrected chi connectivity index (χ1v) is 11.2. The molecule has 0 unspecified atom stereocenters. The van der Waals surface area contributed by atoms with E-state index in [-0.39, 0.29) is 11.9 Å². The summed E-state index contributed by atoms with van der Waals surface area (Å²) in [6, 6.07) is 23.0. The van der Waals surface area contributed by atoms with Gasteiger partial charge < -0.3 is 10.1 Å². The highest BCUT2D eigenvalue weighted by atomic mass is 32.1. The number of methoxy groups -OCH3 is 1. The van der Waals surface area contributed by atoms with Crippen LogP contribution in [0.3, 0.4) is 0 Å². The Morgan fingerprint density at radius 2 is 1.69 bits per heavy atom. The maximum atomic E-state index is 12.9. The Morgan fingerprint density at radius 3 is 2.34 bits per heavy atom. The Kier molecular flexibility index (Phi) is 6.52. The Balaban J connectivity index is 1.76. The van der Waals surface area contributed by atoms with Gasteiger partial charge in [0.1, 0.15) is 16.8 Å². The summed E-state index contributed by atoms with van der Waals surface area (Å²) in [6.45, 7) is 4.19. The van der Waals surface area contributed by atoms with Crippen LogP contribution in [0.25, 0.3) is 0 Å². The number of thiophene rings is 1. The summed E-state index contributed by atoms with van der Waals surface area (Å²) < 4.78 is 5.34. The fourth-order valence-corrected chi connectivity index (χ4v) is 4.70. The Labute approximate surface area is 192 Å². The second-order valence-electron chi connectivity index (χ2n) is 7.47. The molecule has 0 radical (unpaired) electrons. The molecule has 2 heterocycles. The van der Waals surface area contributed by atoms with Gasteiger partial charge in [0.25, 0.3) is 11.7 Å². The molecule has 0 fully saturated rings. The number of pyridine rings is 1. The number of hydrogen-bond donors (Lipinski definition) is 2. The largest absolute Gasteiger partial charge is 0.497 e. The van der Waals surface area contributed by atoms with Crippen LogP contribution in [0, 0.1) is 13.8 Å². The van der Waals surface area contributed by atoms with E-state index in [4.69, 9.17) is 4.74 Å². The van der Waals surface area contributed by atoms with Crippen molar-refractivity contribution in [1.82, 2.24) is 0 Å². The minimum Gasteiger partial charge on any atom is -0.497 e. The van der Waals surface area contributed by atoms with Gasteiger partial charge in [-0.15, -0.1) is 11.3 Å². The molecule has 1 amide bonds. The van der Waals surface area contributed by atoms with E-state index in [1.165, 1.54) is 4.88 Å². The molecule has 1 atom stereocenters. The predicted molar refractivity (Wildman–Crippen MR) is 130 cm³/mol. The highest BCUT2D eigenvalue weighted by Gasteiger charge is 2.28. The standard InChI is InChI=1S/C26H25N3O2S/c1-17-18(2)32-26(29-25(30)20-9-5-4-6-10-20)23(17)24(28-22-11-7-8-16-27-22)19-12-14-21(31-3)15-13-19/h4-16,24H,1-3H3,(H,27,28)(H,29,30)/p+1/t24-/m0/s1. The second kappa shape index (κ2) is 9.66. The molecule has 3 N–H and O–H groups in total. The first kappa shape index (κ1) is 21.6. The lowest BCUT2D eigenvalue weighted by atomic mass is 9.96. The predicted octanol–water partition coefficient (Wildman–Crippen LogP) is 5.64. The van der Waals surface area contributed by atoms with E-state index in [0.29, 0.717) is 5.56 Å². The first-order valence-electron chi connectivity index (χ1n) is 10.4. The van der Waals surface area contributed by atoms with Gasteiger partial charge in [-0.2, -0.15) is 0 Å². The van der Waals surface area contributed by atoms with Crippen molar-refractivity contribution in [2.75, 3.05) is 17.7 Å². The summed E-state index contributed by atoms with van der Waals surface area (Å²) in [6.07, 6.45) is 1.89. The number of aromatic amines is 1. The van der Waals surface area contributed by atoms with Gasteiger partial charge in [0.2, 0.25) is 0 Å². The third-order valence-corrected chi connectivity index (χ3v) is 6.58. The summed E-state index contributed by atoms with van der Waals surface area (Å²) in [5.74, 6) is 1.57. The number of rotatable bonds is 7. The Morgan fingerprint density at radius 1 is 0.969 bits per heavy atom. The number of hydrogen-bond acceptors (Lipinski definition) is 4. The molecule has 4 aromatic rings. The molecular formula is C26H26N3O2S+. The van der Waals surface area contributed by atoms with E-state index in [1.54, 1.807) is 18.4 Å². The highest BCUT2D eigenvalue weighted by molar-refractivity contribution is 7.16. The van der Waals surface area contributed by atoms with E-state index in [2.05, 4.69) is 41.6 Å². The minimum absolute atomic E-state index is 0.118. The number of nitrogens with one attached hydrogen (secondary N) is 3. The molecule has 2 aromatic heterocycles. The third kappa shape index (κ3) is 4.65. The van der Waals surface area contributed by atoms with Crippen LogP contribution >= 0.6 is 11.3 Å². The Hall–Kier alpha value is -3.64. The number of amides is 1. The van der Waals surface area contributed by atoms with Crippen LogP contribution in [0.5, 0.6) is 5.75 Å². The Bertz CT molecular complexity index is 1190. The van der Waals surface area contributed by atoms with Gasteiger partial charge in [0.15, 0.2) is 0 Å². The van der Waals surface area contributed by atoms with Crippen molar-refractivity contribution in [2.24, 2.45) is 0 Å². The summed E-state index contributed by atoms with van der Waals surface area (Å²) in [7, 11) is 1.66. The minimum atomic E-state index is -0.171. The van der Waals surface area contributed by atoms with Crippen molar-refractivity contribution < 1.29 is 14.5 Å². The van der Waals surface area contributed by atoms with E-state index in [1.807, 2.05) is 66.9 Å². The van der Waals surface area contributed by atoms with Crippen molar-refractivity contribution in [2.45, 2.75) is 19.9 Å². The van der Waals surface area contributed by atoms with Crippen molar-refractivity contribution in [1.29, 1.82) is 0 Å². The molecule has 5 nitrogen and oxygen atoms in total. The summed E-state index contributed by atoms with van der Waals surface area (Å²) in [5.41, 5.74) is 3.91. The van der Waals surface area contributed by atoms with E-state index in [9.17, 15) is 4.79 Å². The zero-order valence-corrected chi connectivity index (χ0v) is 19.1. The number of anilines is 2. The lowest BCUT2D eigenvalue weighted by Gasteiger charge is -2.18. The number of carbonyl (C=O) groups excluding carboxylic acids is 1. The molecule has 0 aliphatic heterocycles. The van der Waals surface area contributed by atoms with Crippen LogP contribution in [0.15, 0.2) is 79.0 Å². The maximum Gasteiger partial charge on any atom is 0.272 e. The van der Waals surface area contributed by atoms with Crippen molar-refractivity contribution in [3.8, 4) is 5.75 Å². The van der Waals surface area contributed by atoms with Gasteiger partial charge in [0.05, 0.1) is 13.3 Å². The highest BCUT2D eigenvalue weighted by Crippen LogP contribution is 2.41. The molecule has 0 spiro atoms. The van der Waals surface area contributed by atoms with E-state index >= 15 is 0 Å². The molecule has 6 heteroatoms. The van der Waals surface area contributed by atoms with Crippen LogP contribution < -0.4 is 20.4 Å². The van der Waals surface area contributed by atoms with Gasteiger partial charge in [-0.1, -0.05) is 36.4 Å². The van der Waals surface area contributed by atoms with E-state index < -0.39 is 0 Å². The number of carbonyl (C=O) groups is 1. The molecule has 0 saturated carbocycles. The molecule has 0 aliphatic carbocycles. The molecule has 0 saturated heterocycles. The van der Waals surface area contributed by atoms with Gasteiger partial charge in [0, 0.05) is 27.6 Å². The maximum absolute atomic E-state index is 12.9. The zero-order valence-electron chi connectivity index (χ0n) is 18.3. The molecule has 32 heavy (non-hydrogen) atoms. The van der Waals surface area contributed by atoms with E-state index in [0.717, 1.165) is 33.3 Å². The normalized spacial score (nSPS) is 11.6. The monoisotopic (exact) mass is 444 g/mol. The van der Waals surface area contributed by atoms with Crippen LogP contribution in [0.1, 0.15) is 38.0 Å². The lowest BCUT2D eigenvalue weighted by Crippen LogP contribution is -2.21. The summed E-state index contributed by atoms with van der Waals surface area (Å²) in [4.78, 5) is 17.4. The lowest BCUT2D eigenvalue weighted by molar-refractivity contribution is -0.361. The number of ether oxygens (including phenoxy) is 1. The molecule has 4 rings (SSSR count). The van der Waals surface area contributed by atoms with Crippen LogP contribution in [0.2, 0.25) is 0 Å². The number of H-pyrrole nitrogens is 1. The SMILES string of the molecule is COc1ccc([C@H](Nc2cccc[nH+]2)c2c(NC(=O)c3ccccc3)sc(C)c2C)cc1. The summed E-state index contributed by atoms with van der Waals surface area (Å²) >= 11 is 1.60. The molecule has 162 valence electrons. The zero-order chi connectivity index (χ0) is 22.5. The molecule has 2 aromatic carbocycles. The van der Waals surface area contributed by atoms with Gasteiger partial charge in [-0.05, 0) is 49.7 Å². The number of benzene rings is 2. The van der Waals surface area contributed by atoms with Crippen molar-refractivity contribution >= 4 is 28.1 Å². The number of aromatic nitrogens is 1. The second-order valence-corrected chi connectivity index (χ2v) is 8.70. The quantitative estimate of drug-likeness (QED) is 0.388. The topological polar surface area (TPSA) is 64.5 Å². The van der Waals surface area contributed by atoms with Crippen LogP contribution in [-0.2, 0) is 0 Å². The smallest absolute Gasteiger partial charge is 0.272 e. The fourth-order valence-electron chi connectivity index (χ4n) is 3.61. The van der Waals surface area contributed by atoms with Gasteiger partial charge in [-0.25, -0.2) is 4.98 Å². The molecular weight excluding hydrogens is 418 g/mol. The fraction of sp³-hybridized carbons (Fsp3) is 0.154. The van der Waals surface area contributed by atoms with Crippen LogP contribution in [-0.4, -0.2) is 13.0 Å². The number of aryl methyl sites for hydroxylation is 1. The van der Waals surface area contributed by atoms with Gasteiger partial charge >= 0.3 is 0 Å². The van der Waals surface area contributed by atoms with Crippen LogP contribution in [0.4, 0.5) is 10.8 Å². The van der Waals surface area contributed by atoms with Crippen molar-refractivity contribution in [3.63, 3.8) is 0 Å². The molecule has 0 aliphatic rings. The van der Waals surface area contributed by atoms with Gasteiger partial charge in [-0.3, -0.25) is 10.1 Å². The average molecular weight is 445 g/mol. The van der Waals surface area contributed by atoms with Crippen molar-refractivity contribution in [3.05, 3.63) is 106 Å². The summed E-state index contributed by atoms with van der Waals surface area (Å²) in [5, 5.41) is 7.61. The third-order valence-electron chi connectivity index (χ3n) is 5.44. The average Bonchev–Trinajstić information content (AvgIpc) is 3.11. The molecule has 0 bridgehead atoms. The first-order chi connectivity index (χ1) is 15.6.